The van der Waals surface area contributed by atoms with Gasteiger partial charge in [0.15, 0.2) is 0 Å². The third-order valence-corrected chi connectivity index (χ3v) is 3.93. The Morgan fingerprint density at radius 3 is 2.48 bits per heavy atom. The number of rotatable bonds is 6. The summed E-state index contributed by atoms with van der Waals surface area (Å²) < 4.78 is 0. The molecule has 2 nitrogen and oxygen atoms in total. The first kappa shape index (κ1) is 15.7. The molecule has 0 bridgehead atoms. The number of hydrogen-bond acceptors (Lipinski definition) is 2. The van der Waals surface area contributed by atoms with E-state index < -0.39 is 0 Å². The molecule has 1 unspecified atom stereocenters. The van der Waals surface area contributed by atoms with Gasteiger partial charge in [0, 0.05) is 11.7 Å². The summed E-state index contributed by atoms with van der Waals surface area (Å²) in [4.78, 5) is 0. The highest BCUT2D eigenvalue weighted by Crippen LogP contribution is 2.28. The van der Waals surface area contributed by atoms with E-state index in [4.69, 9.17) is 11.6 Å². The molecule has 0 radical (unpaired) electrons. The predicted octanol–water partition coefficient (Wildman–Crippen LogP) is 5.56. The highest BCUT2D eigenvalue weighted by atomic mass is 35.5. The van der Waals surface area contributed by atoms with Gasteiger partial charge in [-0.2, -0.15) is 0 Å². The standard InChI is InChI=1S/C18H22ClNO/c1-3-4-5-14-6-8-15(9-7-14)13(2)20-16-10-11-18(21)17(19)12-16/h6-13,20-21H,3-5H2,1-2H3. The van der Waals surface area contributed by atoms with Crippen LogP contribution >= 0.6 is 11.6 Å². The van der Waals surface area contributed by atoms with E-state index in [0.717, 1.165) is 12.1 Å². The smallest absolute Gasteiger partial charge is 0.134 e. The molecule has 0 saturated heterocycles. The molecule has 3 heteroatoms. The van der Waals surface area contributed by atoms with Crippen molar-refractivity contribution >= 4 is 17.3 Å². The van der Waals surface area contributed by atoms with Crippen molar-refractivity contribution in [1.82, 2.24) is 0 Å². The average molecular weight is 304 g/mol. The topological polar surface area (TPSA) is 32.3 Å². The number of benzene rings is 2. The molecule has 0 fully saturated rings. The van der Waals surface area contributed by atoms with Crippen molar-refractivity contribution in [2.75, 3.05) is 5.32 Å². The van der Waals surface area contributed by atoms with Crippen molar-refractivity contribution in [3.8, 4) is 5.75 Å². The quantitative estimate of drug-likeness (QED) is 0.685. The van der Waals surface area contributed by atoms with Crippen LogP contribution in [-0.4, -0.2) is 5.11 Å². The van der Waals surface area contributed by atoms with Gasteiger partial charge < -0.3 is 10.4 Å². The molecular formula is C18H22ClNO. The maximum Gasteiger partial charge on any atom is 0.134 e. The zero-order valence-electron chi connectivity index (χ0n) is 12.6. The first-order chi connectivity index (χ1) is 10.1. The largest absolute Gasteiger partial charge is 0.506 e. The Kier molecular flexibility index (Phi) is 5.51. The van der Waals surface area contributed by atoms with Crippen LogP contribution in [0, 0.1) is 0 Å². The van der Waals surface area contributed by atoms with Gasteiger partial charge >= 0.3 is 0 Å². The molecule has 2 N–H and O–H groups in total. The van der Waals surface area contributed by atoms with E-state index in [2.05, 4.69) is 43.4 Å². The van der Waals surface area contributed by atoms with Crippen LogP contribution in [0.4, 0.5) is 5.69 Å². The van der Waals surface area contributed by atoms with E-state index in [1.807, 2.05) is 6.07 Å². The minimum absolute atomic E-state index is 0.107. The van der Waals surface area contributed by atoms with Crippen molar-refractivity contribution in [2.45, 2.75) is 39.2 Å². The first-order valence-electron chi connectivity index (χ1n) is 7.44. The van der Waals surface area contributed by atoms with Gasteiger partial charge in [0.2, 0.25) is 0 Å². The second-order valence-corrected chi connectivity index (χ2v) is 5.78. The summed E-state index contributed by atoms with van der Waals surface area (Å²) in [5, 5.41) is 13.2. The molecule has 0 aliphatic heterocycles. The molecule has 2 aromatic rings. The zero-order chi connectivity index (χ0) is 15.2. The number of unbranched alkanes of at least 4 members (excludes halogenated alkanes) is 1. The van der Waals surface area contributed by atoms with Crippen molar-refractivity contribution < 1.29 is 5.11 Å². The van der Waals surface area contributed by atoms with Gasteiger partial charge in [-0.1, -0.05) is 49.2 Å². The number of nitrogens with one attached hydrogen (secondary N) is 1. The molecule has 0 amide bonds. The van der Waals surface area contributed by atoms with Gasteiger partial charge in [0.1, 0.15) is 5.75 Å². The Morgan fingerprint density at radius 1 is 1.14 bits per heavy atom. The fraction of sp³-hybridized carbons (Fsp3) is 0.333. The van der Waals surface area contributed by atoms with Crippen LogP contribution in [0.5, 0.6) is 5.75 Å². The molecular weight excluding hydrogens is 282 g/mol. The Labute approximate surface area is 131 Å². The number of phenolic OH excluding ortho intramolecular Hbond substituents is 1. The molecule has 0 aliphatic rings. The third kappa shape index (κ3) is 4.40. The van der Waals surface area contributed by atoms with Crippen LogP contribution in [-0.2, 0) is 6.42 Å². The zero-order valence-corrected chi connectivity index (χ0v) is 13.3. The summed E-state index contributed by atoms with van der Waals surface area (Å²) in [7, 11) is 0. The van der Waals surface area contributed by atoms with E-state index in [1.165, 1.54) is 24.0 Å². The van der Waals surface area contributed by atoms with Crippen LogP contribution in [0.15, 0.2) is 42.5 Å². The van der Waals surface area contributed by atoms with Crippen LogP contribution in [0.2, 0.25) is 5.02 Å². The first-order valence-corrected chi connectivity index (χ1v) is 7.82. The molecule has 0 saturated carbocycles. The Bertz CT molecular complexity index is 580. The van der Waals surface area contributed by atoms with Gasteiger partial charge in [0.05, 0.1) is 5.02 Å². The van der Waals surface area contributed by atoms with Crippen molar-refractivity contribution in [3.63, 3.8) is 0 Å². The SMILES string of the molecule is CCCCc1ccc(C(C)Nc2ccc(O)c(Cl)c2)cc1. The van der Waals surface area contributed by atoms with Gasteiger partial charge in [-0.3, -0.25) is 0 Å². The molecule has 21 heavy (non-hydrogen) atoms. The predicted molar refractivity (Wildman–Crippen MR) is 90.2 cm³/mol. The number of anilines is 1. The Morgan fingerprint density at radius 2 is 1.86 bits per heavy atom. The van der Waals surface area contributed by atoms with E-state index in [-0.39, 0.29) is 11.8 Å². The summed E-state index contributed by atoms with van der Waals surface area (Å²) >= 11 is 5.92. The summed E-state index contributed by atoms with van der Waals surface area (Å²) in [6, 6.07) is 14.1. The third-order valence-electron chi connectivity index (χ3n) is 3.63. The number of phenols is 1. The second-order valence-electron chi connectivity index (χ2n) is 5.38. The lowest BCUT2D eigenvalue weighted by Gasteiger charge is -2.16. The van der Waals surface area contributed by atoms with Crippen LogP contribution < -0.4 is 5.32 Å². The monoisotopic (exact) mass is 303 g/mol. The fourth-order valence-electron chi connectivity index (χ4n) is 2.28. The highest BCUT2D eigenvalue weighted by molar-refractivity contribution is 6.32. The molecule has 0 aliphatic carbocycles. The molecule has 112 valence electrons. The molecule has 2 rings (SSSR count). The molecule has 0 aromatic heterocycles. The summed E-state index contributed by atoms with van der Waals surface area (Å²) in [5.41, 5.74) is 3.53. The maximum absolute atomic E-state index is 9.44. The second kappa shape index (κ2) is 7.37. The van der Waals surface area contributed by atoms with Gasteiger partial charge in [-0.25, -0.2) is 0 Å². The van der Waals surface area contributed by atoms with Crippen molar-refractivity contribution in [3.05, 3.63) is 58.6 Å². The lowest BCUT2D eigenvalue weighted by atomic mass is 10.0. The lowest BCUT2D eigenvalue weighted by Crippen LogP contribution is -2.06. The van der Waals surface area contributed by atoms with Gasteiger partial charge in [0.25, 0.3) is 0 Å². The van der Waals surface area contributed by atoms with E-state index in [9.17, 15) is 5.11 Å². The number of halogens is 1. The molecule has 2 aromatic carbocycles. The molecule has 1 atom stereocenters. The van der Waals surface area contributed by atoms with Crippen molar-refractivity contribution in [1.29, 1.82) is 0 Å². The highest BCUT2D eigenvalue weighted by Gasteiger charge is 2.07. The van der Waals surface area contributed by atoms with Crippen LogP contribution in [0.3, 0.4) is 0 Å². The summed E-state index contributed by atoms with van der Waals surface area (Å²) in [6.45, 7) is 4.32. The summed E-state index contributed by atoms with van der Waals surface area (Å²) in [6.07, 6.45) is 3.60. The number of hydrogen-bond donors (Lipinski definition) is 2. The number of aromatic hydroxyl groups is 1. The average Bonchev–Trinajstić information content (AvgIpc) is 2.49. The summed E-state index contributed by atoms with van der Waals surface area (Å²) in [5.74, 6) is 0.107. The van der Waals surface area contributed by atoms with Crippen LogP contribution in [0.25, 0.3) is 0 Å². The minimum atomic E-state index is 0.107. The Hall–Kier alpha value is -1.67. The molecule has 0 heterocycles. The van der Waals surface area contributed by atoms with E-state index in [1.54, 1.807) is 12.1 Å². The van der Waals surface area contributed by atoms with Crippen LogP contribution in [0.1, 0.15) is 43.9 Å². The van der Waals surface area contributed by atoms with E-state index >= 15 is 0 Å². The van der Waals surface area contributed by atoms with E-state index in [0.29, 0.717) is 5.02 Å². The lowest BCUT2D eigenvalue weighted by molar-refractivity contribution is 0.475. The van der Waals surface area contributed by atoms with Crippen molar-refractivity contribution in [2.24, 2.45) is 0 Å². The number of aryl methyl sites for hydroxylation is 1. The fourth-order valence-corrected chi connectivity index (χ4v) is 2.46. The van der Waals surface area contributed by atoms with Gasteiger partial charge in [-0.15, -0.1) is 0 Å². The Balaban J connectivity index is 2.02. The molecule has 0 spiro atoms. The maximum atomic E-state index is 9.44. The van der Waals surface area contributed by atoms with Gasteiger partial charge in [-0.05, 0) is 49.1 Å². The normalized spacial score (nSPS) is 12.1. The minimum Gasteiger partial charge on any atom is -0.506 e.